The highest BCUT2D eigenvalue weighted by molar-refractivity contribution is 5.73. The van der Waals surface area contributed by atoms with Crippen LogP contribution in [-0.4, -0.2) is 30.8 Å². The normalized spacial score (nSPS) is 11.4. The summed E-state index contributed by atoms with van der Waals surface area (Å²) >= 11 is 0. The summed E-state index contributed by atoms with van der Waals surface area (Å²) in [5.41, 5.74) is -0.0738. The molecular formula is C15H16N6O2. The van der Waals surface area contributed by atoms with Gasteiger partial charge in [-0.3, -0.25) is 4.79 Å². The average molecular weight is 312 g/mol. The van der Waals surface area contributed by atoms with Crippen molar-refractivity contribution < 1.29 is 9.32 Å². The molecule has 8 nitrogen and oxygen atoms in total. The van der Waals surface area contributed by atoms with Gasteiger partial charge in [-0.15, -0.1) is 0 Å². The van der Waals surface area contributed by atoms with Crippen LogP contribution in [0.2, 0.25) is 0 Å². The van der Waals surface area contributed by atoms with Crippen LogP contribution in [0.25, 0.3) is 17.3 Å². The van der Waals surface area contributed by atoms with Gasteiger partial charge in [-0.2, -0.15) is 10.1 Å². The third-order valence-electron chi connectivity index (χ3n) is 3.21. The van der Waals surface area contributed by atoms with Gasteiger partial charge in [0.25, 0.3) is 5.89 Å². The van der Waals surface area contributed by atoms with Crippen molar-refractivity contribution in [1.29, 1.82) is 0 Å². The third-order valence-corrected chi connectivity index (χ3v) is 3.21. The van der Waals surface area contributed by atoms with Gasteiger partial charge in [0.15, 0.2) is 11.6 Å². The van der Waals surface area contributed by atoms with Gasteiger partial charge >= 0.3 is 0 Å². The van der Waals surface area contributed by atoms with Crippen LogP contribution in [0.15, 0.2) is 41.3 Å². The van der Waals surface area contributed by atoms with Gasteiger partial charge in [-0.25, -0.2) is 9.67 Å². The van der Waals surface area contributed by atoms with Crippen molar-refractivity contribution >= 4 is 5.91 Å². The molecule has 0 radical (unpaired) electrons. The number of pyridine rings is 1. The smallest absolute Gasteiger partial charge is 0.261 e. The van der Waals surface area contributed by atoms with Crippen molar-refractivity contribution in [2.75, 3.05) is 0 Å². The maximum atomic E-state index is 11.3. The summed E-state index contributed by atoms with van der Waals surface area (Å²) in [4.78, 5) is 20.0. The van der Waals surface area contributed by atoms with E-state index in [0.29, 0.717) is 23.1 Å². The summed E-state index contributed by atoms with van der Waals surface area (Å²) in [6.45, 7) is 5.06. The molecule has 3 aromatic heterocycles. The highest BCUT2D eigenvalue weighted by Crippen LogP contribution is 2.25. The van der Waals surface area contributed by atoms with E-state index in [1.807, 2.05) is 6.07 Å². The van der Waals surface area contributed by atoms with Gasteiger partial charge in [0.1, 0.15) is 0 Å². The Labute approximate surface area is 132 Å². The lowest BCUT2D eigenvalue weighted by Crippen LogP contribution is -2.40. The predicted octanol–water partition coefficient (Wildman–Crippen LogP) is 1.69. The second-order valence-electron chi connectivity index (χ2n) is 5.55. The van der Waals surface area contributed by atoms with E-state index in [0.717, 1.165) is 0 Å². The highest BCUT2D eigenvalue weighted by atomic mass is 16.5. The Morgan fingerprint density at radius 2 is 2.13 bits per heavy atom. The van der Waals surface area contributed by atoms with Crippen LogP contribution in [0.3, 0.4) is 0 Å². The minimum Gasteiger partial charge on any atom is -0.344 e. The molecule has 3 rings (SSSR count). The molecule has 1 amide bonds. The molecule has 3 aromatic rings. The molecule has 8 heteroatoms. The Balaban J connectivity index is 2.00. The first-order chi connectivity index (χ1) is 11.0. The van der Waals surface area contributed by atoms with Crippen molar-refractivity contribution in [3.63, 3.8) is 0 Å². The van der Waals surface area contributed by atoms with Gasteiger partial charge in [0.2, 0.25) is 5.91 Å². The first-order valence-corrected chi connectivity index (χ1v) is 7.06. The van der Waals surface area contributed by atoms with Crippen LogP contribution in [0.5, 0.6) is 0 Å². The standard InChI is InChI=1S/C15H16N6O2/c1-10(22)19-15(2,3)14-18-13(23-20-14)11-6-4-7-16-12(11)21-9-5-8-17-21/h4-9H,1-3H3,(H,19,22). The van der Waals surface area contributed by atoms with Gasteiger partial charge in [-0.1, -0.05) is 5.16 Å². The molecule has 0 aliphatic carbocycles. The zero-order chi connectivity index (χ0) is 16.4. The number of carbonyl (C=O) groups excluding carboxylic acids is 1. The number of amides is 1. The second-order valence-corrected chi connectivity index (χ2v) is 5.55. The molecule has 3 heterocycles. The van der Waals surface area contributed by atoms with Crippen LogP contribution in [0.4, 0.5) is 0 Å². The fourth-order valence-corrected chi connectivity index (χ4v) is 2.22. The quantitative estimate of drug-likeness (QED) is 0.787. The molecule has 0 aliphatic rings. The van der Waals surface area contributed by atoms with Gasteiger partial charge in [0, 0.05) is 25.5 Å². The number of carbonyl (C=O) groups is 1. The Morgan fingerprint density at radius 3 is 2.83 bits per heavy atom. The zero-order valence-electron chi connectivity index (χ0n) is 13.0. The van der Waals surface area contributed by atoms with E-state index in [1.54, 1.807) is 49.3 Å². The van der Waals surface area contributed by atoms with E-state index in [2.05, 4.69) is 25.5 Å². The number of aromatic nitrogens is 5. The number of hydrogen-bond donors (Lipinski definition) is 1. The Morgan fingerprint density at radius 1 is 1.30 bits per heavy atom. The molecule has 118 valence electrons. The largest absolute Gasteiger partial charge is 0.344 e. The SMILES string of the molecule is CC(=O)NC(C)(C)c1noc(-c2cccnc2-n2cccn2)n1. The van der Waals surface area contributed by atoms with Crippen LogP contribution < -0.4 is 5.32 Å². The Kier molecular flexibility index (Phi) is 3.65. The van der Waals surface area contributed by atoms with Crippen LogP contribution >= 0.6 is 0 Å². The molecule has 0 saturated heterocycles. The Bertz CT molecular complexity index is 822. The summed E-state index contributed by atoms with van der Waals surface area (Å²) in [6, 6.07) is 5.41. The minimum absolute atomic E-state index is 0.167. The summed E-state index contributed by atoms with van der Waals surface area (Å²) in [5.74, 6) is 1.12. The van der Waals surface area contributed by atoms with E-state index >= 15 is 0 Å². The molecule has 0 fully saturated rings. The molecule has 0 aliphatic heterocycles. The van der Waals surface area contributed by atoms with Crippen LogP contribution in [-0.2, 0) is 10.3 Å². The van der Waals surface area contributed by atoms with Crippen LogP contribution in [0.1, 0.15) is 26.6 Å². The molecule has 0 unspecified atom stereocenters. The minimum atomic E-state index is -0.734. The lowest BCUT2D eigenvalue weighted by atomic mass is 10.1. The van der Waals surface area contributed by atoms with Gasteiger partial charge in [0.05, 0.1) is 11.1 Å². The highest BCUT2D eigenvalue weighted by Gasteiger charge is 2.28. The van der Waals surface area contributed by atoms with Gasteiger partial charge in [-0.05, 0) is 32.0 Å². The molecule has 0 aromatic carbocycles. The second kappa shape index (κ2) is 5.64. The number of nitrogens with zero attached hydrogens (tertiary/aromatic N) is 5. The number of rotatable bonds is 4. The lowest BCUT2D eigenvalue weighted by molar-refractivity contribution is -0.120. The number of hydrogen-bond acceptors (Lipinski definition) is 6. The molecular weight excluding hydrogens is 296 g/mol. The van der Waals surface area contributed by atoms with E-state index in [1.165, 1.54) is 6.92 Å². The summed E-state index contributed by atoms with van der Waals surface area (Å²) in [6.07, 6.45) is 5.11. The third kappa shape index (κ3) is 2.96. The average Bonchev–Trinajstić information content (AvgIpc) is 3.18. The summed E-state index contributed by atoms with van der Waals surface area (Å²) in [5, 5.41) is 10.9. The van der Waals surface area contributed by atoms with Crippen molar-refractivity contribution in [2.24, 2.45) is 0 Å². The maximum absolute atomic E-state index is 11.3. The summed E-state index contributed by atoms with van der Waals surface area (Å²) in [7, 11) is 0. The maximum Gasteiger partial charge on any atom is 0.261 e. The molecule has 0 bridgehead atoms. The van der Waals surface area contributed by atoms with Crippen molar-refractivity contribution in [1.82, 2.24) is 30.2 Å². The Hall–Kier alpha value is -3.03. The number of nitrogens with one attached hydrogen (secondary N) is 1. The molecule has 0 atom stereocenters. The van der Waals surface area contributed by atoms with E-state index < -0.39 is 5.54 Å². The van der Waals surface area contributed by atoms with E-state index in [-0.39, 0.29) is 5.91 Å². The van der Waals surface area contributed by atoms with E-state index in [4.69, 9.17) is 4.52 Å². The van der Waals surface area contributed by atoms with Crippen molar-refractivity contribution in [3.8, 4) is 17.3 Å². The summed E-state index contributed by atoms with van der Waals surface area (Å²) < 4.78 is 6.99. The fourth-order valence-electron chi connectivity index (χ4n) is 2.22. The monoisotopic (exact) mass is 312 g/mol. The zero-order valence-corrected chi connectivity index (χ0v) is 13.0. The topological polar surface area (TPSA) is 98.7 Å². The first kappa shape index (κ1) is 14.9. The van der Waals surface area contributed by atoms with Crippen molar-refractivity contribution in [3.05, 3.63) is 42.6 Å². The molecule has 0 saturated carbocycles. The lowest BCUT2D eigenvalue weighted by Gasteiger charge is -2.20. The fraction of sp³-hybridized carbons (Fsp3) is 0.267. The molecule has 1 N–H and O–H groups in total. The molecule has 0 spiro atoms. The van der Waals surface area contributed by atoms with Gasteiger partial charge < -0.3 is 9.84 Å². The first-order valence-electron chi connectivity index (χ1n) is 7.06. The van der Waals surface area contributed by atoms with Crippen molar-refractivity contribution in [2.45, 2.75) is 26.3 Å². The molecule has 23 heavy (non-hydrogen) atoms. The predicted molar refractivity (Wildman–Crippen MR) is 81.5 cm³/mol. The van der Waals surface area contributed by atoms with E-state index in [9.17, 15) is 4.79 Å². The van der Waals surface area contributed by atoms with Crippen LogP contribution in [0, 0.1) is 0 Å².